The van der Waals surface area contributed by atoms with E-state index in [1.807, 2.05) is 13.8 Å². The third kappa shape index (κ3) is 3.30. The lowest BCUT2D eigenvalue weighted by Crippen LogP contribution is -2.27. The lowest BCUT2D eigenvalue weighted by molar-refractivity contribution is 0.108. The molecule has 0 bridgehead atoms. The van der Waals surface area contributed by atoms with E-state index < -0.39 is 0 Å². The summed E-state index contributed by atoms with van der Waals surface area (Å²) in [5.74, 6) is 1.62. The molecule has 4 heteroatoms. The molecule has 1 aliphatic rings. The number of aryl methyl sites for hydroxylation is 2. The fraction of sp³-hybridized carbons (Fsp3) is 0.769. The van der Waals surface area contributed by atoms with Gasteiger partial charge in [-0.3, -0.25) is 0 Å². The summed E-state index contributed by atoms with van der Waals surface area (Å²) in [6, 6.07) is 0. The number of aliphatic hydroxyl groups excluding tert-OH is 1. The molecule has 0 atom stereocenters. The van der Waals surface area contributed by atoms with Crippen molar-refractivity contribution in [1.82, 2.24) is 10.5 Å². The van der Waals surface area contributed by atoms with Crippen LogP contribution in [0.25, 0.3) is 0 Å². The summed E-state index contributed by atoms with van der Waals surface area (Å²) < 4.78 is 5.13. The largest absolute Gasteiger partial charge is 0.393 e. The van der Waals surface area contributed by atoms with Crippen molar-refractivity contribution in [2.45, 2.75) is 52.2 Å². The van der Waals surface area contributed by atoms with Gasteiger partial charge in [0.05, 0.1) is 11.8 Å². The summed E-state index contributed by atoms with van der Waals surface area (Å²) >= 11 is 0. The zero-order valence-corrected chi connectivity index (χ0v) is 10.7. The number of nitrogens with zero attached hydrogens (tertiary/aromatic N) is 1. The Hall–Kier alpha value is -0.870. The molecule has 0 unspecified atom stereocenters. The number of aliphatic hydroxyl groups is 1. The molecule has 0 radical (unpaired) electrons. The van der Waals surface area contributed by atoms with Crippen molar-refractivity contribution >= 4 is 0 Å². The molecular weight excluding hydrogens is 216 g/mol. The lowest BCUT2D eigenvalue weighted by atomic mass is 9.87. The quantitative estimate of drug-likeness (QED) is 0.841. The first kappa shape index (κ1) is 12.6. The molecule has 0 aliphatic heterocycles. The molecule has 1 aromatic rings. The summed E-state index contributed by atoms with van der Waals surface area (Å²) in [5.41, 5.74) is 2.16. The summed E-state index contributed by atoms with van der Waals surface area (Å²) in [4.78, 5) is 0. The van der Waals surface area contributed by atoms with E-state index in [9.17, 15) is 5.11 Å². The number of hydrogen-bond donors (Lipinski definition) is 2. The first-order chi connectivity index (χ1) is 8.16. The van der Waals surface area contributed by atoms with Crippen LogP contribution < -0.4 is 5.32 Å². The van der Waals surface area contributed by atoms with Crippen molar-refractivity contribution in [2.75, 3.05) is 6.54 Å². The molecule has 2 N–H and O–H groups in total. The molecule has 4 nitrogen and oxygen atoms in total. The Bertz CT molecular complexity index is 335. The number of hydrogen-bond acceptors (Lipinski definition) is 4. The van der Waals surface area contributed by atoms with E-state index in [-0.39, 0.29) is 6.10 Å². The van der Waals surface area contributed by atoms with Crippen molar-refractivity contribution < 1.29 is 9.63 Å². The molecule has 96 valence electrons. The van der Waals surface area contributed by atoms with Gasteiger partial charge in [0.2, 0.25) is 0 Å². The Labute approximate surface area is 102 Å². The molecule has 1 fully saturated rings. The first-order valence-corrected chi connectivity index (χ1v) is 6.47. The van der Waals surface area contributed by atoms with Gasteiger partial charge in [-0.25, -0.2) is 0 Å². The number of nitrogens with one attached hydrogen (secondary N) is 1. The van der Waals surface area contributed by atoms with Crippen LogP contribution in [0.4, 0.5) is 0 Å². The summed E-state index contributed by atoms with van der Waals surface area (Å²) in [6.45, 7) is 5.79. The van der Waals surface area contributed by atoms with E-state index in [1.54, 1.807) is 0 Å². The van der Waals surface area contributed by atoms with Gasteiger partial charge in [0, 0.05) is 12.1 Å². The molecule has 1 heterocycles. The van der Waals surface area contributed by atoms with Crippen molar-refractivity contribution in [3.8, 4) is 0 Å². The summed E-state index contributed by atoms with van der Waals surface area (Å²) in [6.07, 6.45) is 4.12. The Kier molecular flexibility index (Phi) is 4.18. The van der Waals surface area contributed by atoms with Crippen LogP contribution in [0, 0.1) is 19.8 Å². The van der Waals surface area contributed by atoms with Crippen LogP contribution in [0.15, 0.2) is 4.52 Å². The van der Waals surface area contributed by atoms with Gasteiger partial charge in [-0.1, -0.05) is 5.16 Å². The second-order valence-electron chi connectivity index (χ2n) is 5.11. The van der Waals surface area contributed by atoms with Gasteiger partial charge in [0.15, 0.2) is 0 Å². The van der Waals surface area contributed by atoms with Gasteiger partial charge in [-0.2, -0.15) is 0 Å². The van der Waals surface area contributed by atoms with Crippen LogP contribution in [-0.2, 0) is 6.54 Å². The average molecular weight is 238 g/mol. The van der Waals surface area contributed by atoms with Crippen molar-refractivity contribution in [2.24, 2.45) is 5.92 Å². The first-order valence-electron chi connectivity index (χ1n) is 6.47. The minimum absolute atomic E-state index is 0.0613. The maximum Gasteiger partial charge on any atom is 0.138 e. The minimum atomic E-state index is -0.0613. The summed E-state index contributed by atoms with van der Waals surface area (Å²) in [5, 5.41) is 16.9. The topological polar surface area (TPSA) is 58.3 Å². The maximum atomic E-state index is 9.43. The fourth-order valence-electron chi connectivity index (χ4n) is 2.50. The second-order valence-corrected chi connectivity index (χ2v) is 5.11. The zero-order valence-electron chi connectivity index (χ0n) is 10.7. The molecule has 0 aromatic carbocycles. The van der Waals surface area contributed by atoms with Gasteiger partial charge in [0.25, 0.3) is 0 Å². The molecule has 0 saturated heterocycles. The highest BCUT2D eigenvalue weighted by molar-refractivity contribution is 5.20. The smallest absolute Gasteiger partial charge is 0.138 e. The zero-order chi connectivity index (χ0) is 12.3. The number of aromatic nitrogens is 1. The van der Waals surface area contributed by atoms with E-state index in [1.165, 1.54) is 5.56 Å². The van der Waals surface area contributed by atoms with E-state index in [2.05, 4.69) is 10.5 Å². The highest BCUT2D eigenvalue weighted by atomic mass is 16.5. The average Bonchev–Trinajstić information content (AvgIpc) is 2.63. The van der Waals surface area contributed by atoms with Gasteiger partial charge in [-0.05, 0) is 52.0 Å². The van der Waals surface area contributed by atoms with Gasteiger partial charge < -0.3 is 14.9 Å². The van der Waals surface area contributed by atoms with E-state index in [4.69, 9.17) is 4.52 Å². The van der Waals surface area contributed by atoms with Crippen LogP contribution >= 0.6 is 0 Å². The van der Waals surface area contributed by atoms with Crippen LogP contribution in [-0.4, -0.2) is 22.9 Å². The molecule has 1 saturated carbocycles. The van der Waals surface area contributed by atoms with Gasteiger partial charge >= 0.3 is 0 Å². The van der Waals surface area contributed by atoms with Gasteiger partial charge in [0.1, 0.15) is 5.76 Å². The maximum absolute atomic E-state index is 9.43. The predicted octanol–water partition coefficient (Wildman–Crippen LogP) is 1.93. The van der Waals surface area contributed by atoms with Crippen LogP contribution in [0.3, 0.4) is 0 Å². The fourth-order valence-corrected chi connectivity index (χ4v) is 2.50. The Morgan fingerprint density at radius 1 is 1.29 bits per heavy atom. The highest BCUT2D eigenvalue weighted by Gasteiger charge is 2.19. The van der Waals surface area contributed by atoms with E-state index >= 15 is 0 Å². The third-order valence-corrected chi connectivity index (χ3v) is 3.73. The summed E-state index contributed by atoms with van der Waals surface area (Å²) in [7, 11) is 0. The SMILES string of the molecule is Cc1noc(C)c1CNCC1CCC(O)CC1. The van der Waals surface area contributed by atoms with Crippen molar-refractivity contribution in [3.05, 3.63) is 17.0 Å². The number of rotatable bonds is 4. The van der Waals surface area contributed by atoms with Crippen LogP contribution in [0.5, 0.6) is 0 Å². The normalized spacial score (nSPS) is 25.1. The van der Waals surface area contributed by atoms with E-state index in [0.29, 0.717) is 5.92 Å². The van der Waals surface area contributed by atoms with Crippen LogP contribution in [0.1, 0.15) is 42.7 Å². The molecular formula is C13H22N2O2. The van der Waals surface area contributed by atoms with Crippen LogP contribution in [0.2, 0.25) is 0 Å². The van der Waals surface area contributed by atoms with Crippen molar-refractivity contribution in [1.29, 1.82) is 0 Å². The molecule has 0 amide bonds. The Morgan fingerprint density at radius 3 is 2.59 bits per heavy atom. The van der Waals surface area contributed by atoms with Gasteiger partial charge in [-0.15, -0.1) is 0 Å². The van der Waals surface area contributed by atoms with Crippen molar-refractivity contribution in [3.63, 3.8) is 0 Å². The lowest BCUT2D eigenvalue weighted by Gasteiger charge is -2.25. The standard InChI is InChI=1S/C13H22N2O2/c1-9-13(10(2)17-15-9)8-14-7-11-3-5-12(16)6-4-11/h11-12,14,16H,3-8H2,1-2H3. The molecule has 1 aromatic heterocycles. The minimum Gasteiger partial charge on any atom is -0.393 e. The predicted molar refractivity (Wildman–Crippen MR) is 65.6 cm³/mol. The second kappa shape index (κ2) is 5.65. The molecule has 1 aliphatic carbocycles. The Balaban J connectivity index is 1.73. The van der Waals surface area contributed by atoms with E-state index in [0.717, 1.165) is 50.2 Å². The Morgan fingerprint density at radius 2 is 2.00 bits per heavy atom. The third-order valence-electron chi connectivity index (χ3n) is 3.73. The highest BCUT2D eigenvalue weighted by Crippen LogP contribution is 2.23. The molecule has 0 spiro atoms. The molecule has 17 heavy (non-hydrogen) atoms. The monoisotopic (exact) mass is 238 g/mol. The molecule has 2 rings (SSSR count).